The zero-order valence-electron chi connectivity index (χ0n) is 10.5. The second kappa shape index (κ2) is 6.39. The fourth-order valence-corrected chi connectivity index (χ4v) is 2.53. The van der Waals surface area contributed by atoms with Crippen molar-refractivity contribution in [3.8, 4) is 0 Å². The van der Waals surface area contributed by atoms with Crippen LogP contribution >= 0.6 is 0 Å². The number of sulfone groups is 1. The molecule has 0 atom stereocenters. The van der Waals surface area contributed by atoms with Crippen molar-refractivity contribution < 1.29 is 17.9 Å². The van der Waals surface area contributed by atoms with Gasteiger partial charge in [-0.1, -0.05) is 18.2 Å². The maximum absolute atomic E-state index is 11.5. The summed E-state index contributed by atoms with van der Waals surface area (Å²) >= 11 is 0. The summed E-state index contributed by atoms with van der Waals surface area (Å²) in [6.07, 6.45) is 1.13. The van der Waals surface area contributed by atoms with E-state index in [1.807, 2.05) is 0 Å². The van der Waals surface area contributed by atoms with Crippen LogP contribution in [-0.4, -0.2) is 33.9 Å². The van der Waals surface area contributed by atoms with Crippen LogP contribution in [0.1, 0.15) is 12.5 Å². The van der Waals surface area contributed by atoms with Crippen LogP contribution in [0.15, 0.2) is 29.2 Å². The summed E-state index contributed by atoms with van der Waals surface area (Å²) in [5.74, 6) is 0. The van der Waals surface area contributed by atoms with Gasteiger partial charge in [0.15, 0.2) is 9.84 Å². The van der Waals surface area contributed by atoms with Gasteiger partial charge in [-0.2, -0.15) is 0 Å². The predicted octanol–water partition coefficient (Wildman–Crippen LogP) is 1.38. The van der Waals surface area contributed by atoms with Crippen molar-refractivity contribution in [1.82, 2.24) is 5.32 Å². The monoisotopic (exact) mass is 271 g/mol. The average molecular weight is 271 g/mol. The molecule has 1 rings (SSSR count). The van der Waals surface area contributed by atoms with E-state index in [0.29, 0.717) is 30.0 Å². The van der Waals surface area contributed by atoms with Crippen LogP contribution in [0.25, 0.3) is 0 Å². The van der Waals surface area contributed by atoms with Crippen molar-refractivity contribution in [1.29, 1.82) is 0 Å². The highest BCUT2D eigenvalue weighted by atomic mass is 32.2. The van der Waals surface area contributed by atoms with E-state index in [9.17, 15) is 13.2 Å². The van der Waals surface area contributed by atoms with Gasteiger partial charge in [-0.05, 0) is 25.0 Å². The summed E-state index contributed by atoms with van der Waals surface area (Å²) in [7, 11) is -3.24. The molecule has 0 aliphatic rings. The molecule has 0 aliphatic carbocycles. The minimum Gasteiger partial charge on any atom is -0.450 e. The van der Waals surface area contributed by atoms with Gasteiger partial charge in [0.25, 0.3) is 0 Å². The summed E-state index contributed by atoms with van der Waals surface area (Å²) in [6.45, 7) is 2.37. The molecule has 0 aromatic heterocycles. The lowest BCUT2D eigenvalue weighted by atomic mass is 10.1. The number of carbonyl (C=O) groups excluding carboxylic acids is 1. The van der Waals surface area contributed by atoms with Crippen LogP contribution in [0, 0.1) is 0 Å². The zero-order chi connectivity index (χ0) is 13.6. The van der Waals surface area contributed by atoms with Gasteiger partial charge >= 0.3 is 6.09 Å². The third-order valence-electron chi connectivity index (χ3n) is 2.31. The molecule has 0 bridgehead atoms. The van der Waals surface area contributed by atoms with Gasteiger partial charge in [-0.3, -0.25) is 0 Å². The largest absolute Gasteiger partial charge is 0.450 e. The maximum Gasteiger partial charge on any atom is 0.407 e. The molecule has 1 aromatic carbocycles. The first-order chi connectivity index (χ1) is 8.45. The molecule has 6 heteroatoms. The van der Waals surface area contributed by atoms with Crippen LogP contribution < -0.4 is 5.32 Å². The molecule has 0 aliphatic heterocycles. The molecule has 0 saturated carbocycles. The predicted molar refractivity (Wildman–Crippen MR) is 68.3 cm³/mol. The van der Waals surface area contributed by atoms with E-state index >= 15 is 0 Å². The van der Waals surface area contributed by atoms with E-state index in [4.69, 9.17) is 4.74 Å². The van der Waals surface area contributed by atoms with Gasteiger partial charge in [-0.25, -0.2) is 13.2 Å². The van der Waals surface area contributed by atoms with Crippen molar-refractivity contribution in [2.24, 2.45) is 0 Å². The molecule has 0 fully saturated rings. The summed E-state index contributed by atoms with van der Waals surface area (Å²) < 4.78 is 27.8. The minimum absolute atomic E-state index is 0.302. The molecule has 5 nitrogen and oxygen atoms in total. The average Bonchev–Trinajstić information content (AvgIpc) is 2.28. The van der Waals surface area contributed by atoms with Gasteiger partial charge < -0.3 is 10.1 Å². The Morgan fingerprint density at radius 1 is 1.33 bits per heavy atom. The van der Waals surface area contributed by atoms with Crippen molar-refractivity contribution in [3.05, 3.63) is 29.8 Å². The van der Waals surface area contributed by atoms with Crippen molar-refractivity contribution >= 4 is 15.9 Å². The smallest absolute Gasteiger partial charge is 0.407 e. The van der Waals surface area contributed by atoms with Crippen LogP contribution in [-0.2, 0) is 21.0 Å². The molecule has 18 heavy (non-hydrogen) atoms. The number of carbonyl (C=O) groups is 1. The lowest BCUT2D eigenvalue weighted by molar-refractivity contribution is 0.152. The van der Waals surface area contributed by atoms with Crippen LogP contribution in [0.2, 0.25) is 0 Å². The zero-order valence-corrected chi connectivity index (χ0v) is 11.3. The molecule has 0 saturated heterocycles. The first-order valence-electron chi connectivity index (χ1n) is 5.63. The Balaban J connectivity index is 2.66. The topological polar surface area (TPSA) is 72.5 Å². The van der Waals surface area contributed by atoms with E-state index in [-0.39, 0.29) is 0 Å². The van der Waals surface area contributed by atoms with Gasteiger partial charge in [-0.15, -0.1) is 0 Å². The van der Waals surface area contributed by atoms with Gasteiger partial charge in [0, 0.05) is 12.8 Å². The number of rotatable bonds is 5. The van der Waals surface area contributed by atoms with Crippen LogP contribution in [0.4, 0.5) is 4.79 Å². The fraction of sp³-hybridized carbons (Fsp3) is 0.417. The van der Waals surface area contributed by atoms with Crippen molar-refractivity contribution in [2.75, 3.05) is 19.4 Å². The Kier molecular flexibility index (Phi) is 5.15. The Morgan fingerprint density at radius 3 is 2.61 bits per heavy atom. The molecule has 0 spiro atoms. The van der Waals surface area contributed by atoms with E-state index in [1.165, 1.54) is 6.26 Å². The van der Waals surface area contributed by atoms with Crippen LogP contribution in [0.5, 0.6) is 0 Å². The number of amides is 1. The van der Waals surface area contributed by atoms with Gasteiger partial charge in [0.05, 0.1) is 11.5 Å². The van der Waals surface area contributed by atoms with Crippen LogP contribution in [0.3, 0.4) is 0 Å². The molecule has 0 heterocycles. The van der Waals surface area contributed by atoms with Gasteiger partial charge in [0.2, 0.25) is 0 Å². The SMILES string of the molecule is CCOC(=O)NCCc1ccccc1S(C)(=O)=O. The summed E-state index contributed by atoms with van der Waals surface area (Å²) in [4.78, 5) is 11.4. The standard InChI is InChI=1S/C12H17NO4S/c1-3-17-12(14)13-9-8-10-6-4-5-7-11(10)18(2,15)16/h4-7H,3,8-9H2,1-2H3,(H,13,14). The second-order valence-corrected chi connectivity index (χ2v) is 5.76. The van der Waals surface area contributed by atoms with Crippen molar-refractivity contribution in [2.45, 2.75) is 18.2 Å². The van der Waals surface area contributed by atoms with E-state index < -0.39 is 15.9 Å². The third kappa shape index (κ3) is 4.37. The summed E-state index contributed by atoms with van der Waals surface area (Å²) in [5.41, 5.74) is 0.691. The highest BCUT2D eigenvalue weighted by Gasteiger charge is 2.12. The number of alkyl carbamates (subject to hydrolysis) is 1. The molecule has 1 N–H and O–H groups in total. The summed E-state index contributed by atoms with van der Waals surface area (Å²) in [5, 5.41) is 2.55. The van der Waals surface area contributed by atoms with E-state index in [0.717, 1.165) is 0 Å². The Hall–Kier alpha value is -1.56. The quantitative estimate of drug-likeness (QED) is 0.878. The number of hydrogen-bond donors (Lipinski definition) is 1. The molecule has 1 amide bonds. The summed E-state index contributed by atoms with van der Waals surface area (Å²) in [6, 6.07) is 6.76. The van der Waals surface area contributed by atoms with Gasteiger partial charge in [0.1, 0.15) is 0 Å². The first kappa shape index (κ1) is 14.5. The lowest BCUT2D eigenvalue weighted by Gasteiger charge is -2.08. The number of nitrogens with one attached hydrogen (secondary N) is 1. The minimum atomic E-state index is -3.24. The second-order valence-electron chi connectivity index (χ2n) is 3.78. The molecule has 0 radical (unpaired) electrons. The van der Waals surface area contributed by atoms with E-state index in [2.05, 4.69) is 5.32 Å². The number of ether oxygens (including phenoxy) is 1. The van der Waals surface area contributed by atoms with Crippen molar-refractivity contribution in [3.63, 3.8) is 0 Å². The fourth-order valence-electron chi connectivity index (χ4n) is 1.55. The highest BCUT2D eigenvalue weighted by Crippen LogP contribution is 2.15. The molecule has 100 valence electrons. The Morgan fingerprint density at radius 2 is 2.00 bits per heavy atom. The highest BCUT2D eigenvalue weighted by molar-refractivity contribution is 7.90. The number of hydrogen-bond acceptors (Lipinski definition) is 4. The Bertz CT molecular complexity index is 511. The Labute approximate surface area is 107 Å². The first-order valence-corrected chi connectivity index (χ1v) is 7.53. The third-order valence-corrected chi connectivity index (χ3v) is 3.51. The normalized spacial score (nSPS) is 11.0. The molecule has 0 unspecified atom stereocenters. The number of benzene rings is 1. The lowest BCUT2D eigenvalue weighted by Crippen LogP contribution is -2.26. The maximum atomic E-state index is 11.5. The molecular weight excluding hydrogens is 254 g/mol. The van der Waals surface area contributed by atoms with E-state index in [1.54, 1.807) is 31.2 Å². The molecule has 1 aromatic rings. The molecular formula is C12H17NO4S.